The Hall–Kier alpha value is -2.75. The number of anilines is 2. The van der Waals surface area contributed by atoms with Gasteiger partial charge in [0.2, 0.25) is 0 Å². The molecule has 0 bridgehead atoms. The number of hydrogen-bond donors (Lipinski definition) is 0. The molecular formula is C24H31N4+. The second-order valence-electron chi connectivity index (χ2n) is 8.30. The maximum Gasteiger partial charge on any atom is 0.289 e. The molecule has 0 fully saturated rings. The molecule has 0 spiro atoms. The third kappa shape index (κ3) is 2.55. The van der Waals surface area contributed by atoms with Crippen molar-refractivity contribution >= 4 is 28.0 Å². The molecule has 4 heteroatoms. The van der Waals surface area contributed by atoms with Crippen LogP contribution in [0.1, 0.15) is 46.5 Å². The van der Waals surface area contributed by atoms with Gasteiger partial charge in [-0.1, -0.05) is 24.3 Å². The van der Waals surface area contributed by atoms with Crippen LogP contribution in [0.2, 0.25) is 0 Å². The van der Waals surface area contributed by atoms with Crippen LogP contribution in [0.25, 0.3) is 16.6 Å². The van der Waals surface area contributed by atoms with Gasteiger partial charge < -0.3 is 9.80 Å². The van der Waals surface area contributed by atoms with E-state index in [1.165, 1.54) is 39.6 Å². The van der Waals surface area contributed by atoms with Crippen LogP contribution >= 0.6 is 0 Å². The summed E-state index contributed by atoms with van der Waals surface area (Å²) >= 11 is 0. The van der Waals surface area contributed by atoms with E-state index in [2.05, 4.69) is 116 Å². The number of imidazole rings is 1. The van der Waals surface area contributed by atoms with Crippen LogP contribution in [0.15, 0.2) is 54.4 Å². The lowest BCUT2D eigenvalue weighted by Crippen LogP contribution is -2.37. The minimum atomic E-state index is 0.373. The summed E-state index contributed by atoms with van der Waals surface area (Å²) in [5, 5.41) is 0. The summed E-state index contributed by atoms with van der Waals surface area (Å²) in [5.41, 5.74) is 6.38. The van der Waals surface area contributed by atoms with E-state index in [1.54, 1.807) is 0 Å². The van der Waals surface area contributed by atoms with Gasteiger partial charge in [-0.15, -0.1) is 0 Å². The first-order chi connectivity index (χ1) is 13.3. The molecule has 3 aromatic rings. The number of benzene rings is 2. The van der Waals surface area contributed by atoms with Crippen LogP contribution in [-0.4, -0.2) is 17.7 Å². The Morgan fingerprint density at radius 2 is 1.46 bits per heavy atom. The summed E-state index contributed by atoms with van der Waals surface area (Å²) in [7, 11) is 4.37. The normalized spacial score (nSPS) is 15.9. The van der Waals surface area contributed by atoms with E-state index in [1.807, 2.05) is 0 Å². The summed E-state index contributed by atoms with van der Waals surface area (Å²) in [6.45, 7) is 11.3. The minimum Gasteiger partial charge on any atom is -0.329 e. The predicted octanol–water partition coefficient (Wildman–Crippen LogP) is 5.10. The lowest BCUT2D eigenvalue weighted by atomic mass is 10.2. The molecule has 28 heavy (non-hydrogen) atoms. The Balaban J connectivity index is 2.04. The van der Waals surface area contributed by atoms with E-state index in [-0.39, 0.29) is 0 Å². The zero-order chi connectivity index (χ0) is 20.2. The minimum absolute atomic E-state index is 0.373. The lowest BCUT2D eigenvalue weighted by molar-refractivity contribution is -0.648. The highest BCUT2D eigenvalue weighted by atomic mass is 15.4. The first-order valence-corrected chi connectivity index (χ1v) is 10.2. The molecule has 0 saturated heterocycles. The van der Waals surface area contributed by atoms with Gasteiger partial charge in [0.25, 0.3) is 5.82 Å². The Kier molecular flexibility index (Phi) is 4.45. The van der Waals surface area contributed by atoms with Gasteiger partial charge in [0.05, 0.1) is 30.0 Å². The van der Waals surface area contributed by atoms with E-state index >= 15 is 0 Å². The molecule has 0 amide bonds. The van der Waals surface area contributed by atoms with E-state index < -0.39 is 0 Å². The molecule has 1 aliphatic rings. The number of aryl methyl sites for hydroxylation is 1. The number of hydrogen-bond acceptors (Lipinski definition) is 2. The van der Waals surface area contributed by atoms with Gasteiger partial charge in [-0.05, 0) is 58.9 Å². The maximum absolute atomic E-state index is 2.47. The van der Waals surface area contributed by atoms with Crippen molar-refractivity contribution in [3.05, 3.63) is 60.2 Å². The van der Waals surface area contributed by atoms with Crippen molar-refractivity contribution in [1.29, 1.82) is 0 Å². The summed E-state index contributed by atoms with van der Waals surface area (Å²) in [6, 6.07) is 18.1. The van der Waals surface area contributed by atoms with Gasteiger partial charge in [0.15, 0.2) is 11.0 Å². The van der Waals surface area contributed by atoms with Crippen molar-refractivity contribution in [2.24, 2.45) is 7.05 Å². The van der Waals surface area contributed by atoms with E-state index in [4.69, 9.17) is 0 Å². The molecule has 0 aliphatic carbocycles. The third-order valence-corrected chi connectivity index (χ3v) is 5.80. The molecular weight excluding hydrogens is 344 g/mol. The lowest BCUT2D eigenvalue weighted by Gasteiger charge is -2.28. The number of nitrogens with zero attached hydrogens (tertiary/aromatic N) is 4. The van der Waals surface area contributed by atoms with E-state index in [9.17, 15) is 0 Å². The molecule has 0 atom stereocenters. The Morgan fingerprint density at radius 3 is 2.11 bits per heavy atom. The third-order valence-electron chi connectivity index (χ3n) is 5.80. The van der Waals surface area contributed by atoms with Crippen molar-refractivity contribution in [3.63, 3.8) is 0 Å². The molecule has 146 valence electrons. The molecule has 4 rings (SSSR count). The van der Waals surface area contributed by atoms with Crippen LogP contribution in [-0.2, 0) is 7.05 Å². The fourth-order valence-electron chi connectivity index (χ4n) is 4.69. The average Bonchev–Trinajstić information content (AvgIpc) is 3.14. The second kappa shape index (κ2) is 6.69. The van der Waals surface area contributed by atoms with Gasteiger partial charge in [0, 0.05) is 13.1 Å². The fourth-order valence-corrected chi connectivity index (χ4v) is 4.69. The number of aromatic nitrogens is 2. The van der Waals surface area contributed by atoms with Crippen LogP contribution in [0, 0.1) is 0 Å². The standard InChI is InChI=1S/C24H31N4/c1-16(2)27-21-14-10-8-12-19(21)25(6)23(27)18(5)24-26(7)20-13-9-11-15-22(20)28(24)17(3)4/h8-17H,1-7H3/q+1. The van der Waals surface area contributed by atoms with Crippen molar-refractivity contribution in [1.82, 2.24) is 4.57 Å². The Labute approximate surface area is 168 Å². The van der Waals surface area contributed by atoms with Crippen LogP contribution in [0.5, 0.6) is 0 Å². The number of rotatable bonds is 3. The number of para-hydroxylation sites is 4. The smallest absolute Gasteiger partial charge is 0.289 e. The molecule has 0 unspecified atom stereocenters. The topological polar surface area (TPSA) is 15.3 Å². The Bertz CT molecular complexity index is 1070. The highest BCUT2D eigenvalue weighted by molar-refractivity contribution is 5.88. The quantitative estimate of drug-likeness (QED) is 0.592. The van der Waals surface area contributed by atoms with Crippen molar-refractivity contribution in [2.75, 3.05) is 16.8 Å². The highest BCUT2D eigenvalue weighted by Gasteiger charge is 2.36. The maximum atomic E-state index is 2.47. The van der Waals surface area contributed by atoms with Crippen LogP contribution < -0.4 is 14.4 Å². The van der Waals surface area contributed by atoms with Crippen molar-refractivity contribution in [2.45, 2.75) is 46.7 Å². The molecule has 2 heterocycles. The first-order valence-electron chi connectivity index (χ1n) is 10.2. The monoisotopic (exact) mass is 375 g/mol. The van der Waals surface area contributed by atoms with Crippen LogP contribution in [0.4, 0.5) is 11.4 Å². The van der Waals surface area contributed by atoms with Crippen LogP contribution in [0.3, 0.4) is 0 Å². The molecule has 1 aromatic heterocycles. The highest BCUT2D eigenvalue weighted by Crippen LogP contribution is 2.44. The average molecular weight is 376 g/mol. The summed E-state index contributed by atoms with van der Waals surface area (Å²) in [5.74, 6) is 2.52. The van der Waals surface area contributed by atoms with Crippen molar-refractivity contribution in [3.8, 4) is 0 Å². The summed E-state index contributed by atoms with van der Waals surface area (Å²) in [6.07, 6.45) is 0. The molecule has 1 aliphatic heterocycles. The number of fused-ring (bicyclic) bond motifs is 2. The first kappa shape index (κ1) is 18.6. The zero-order valence-electron chi connectivity index (χ0n) is 18.1. The predicted molar refractivity (Wildman–Crippen MR) is 119 cm³/mol. The largest absolute Gasteiger partial charge is 0.329 e. The fraction of sp³-hybridized carbons (Fsp3) is 0.375. The SMILES string of the molecule is C/C(=C1/N(C)c2ccccc2N1C(C)C)c1n(C(C)C)c2ccccc2[n+]1C. The number of allylic oxidation sites excluding steroid dienone is 1. The van der Waals surface area contributed by atoms with Gasteiger partial charge in [-0.2, -0.15) is 0 Å². The zero-order valence-corrected chi connectivity index (χ0v) is 18.1. The van der Waals surface area contributed by atoms with E-state index in [0.717, 1.165) is 0 Å². The molecule has 0 radical (unpaired) electrons. The van der Waals surface area contributed by atoms with Gasteiger partial charge >= 0.3 is 0 Å². The van der Waals surface area contributed by atoms with Crippen molar-refractivity contribution < 1.29 is 4.57 Å². The summed E-state index contributed by atoms with van der Waals surface area (Å²) < 4.78 is 4.81. The second-order valence-corrected chi connectivity index (χ2v) is 8.30. The Morgan fingerprint density at radius 1 is 0.857 bits per heavy atom. The van der Waals surface area contributed by atoms with Gasteiger partial charge in [-0.25, -0.2) is 9.13 Å². The van der Waals surface area contributed by atoms with Gasteiger partial charge in [0.1, 0.15) is 5.82 Å². The molecule has 4 nitrogen and oxygen atoms in total. The molecule has 2 aromatic carbocycles. The molecule has 0 N–H and O–H groups in total. The van der Waals surface area contributed by atoms with E-state index in [0.29, 0.717) is 12.1 Å². The summed E-state index contributed by atoms with van der Waals surface area (Å²) in [4.78, 5) is 4.81. The van der Waals surface area contributed by atoms with Gasteiger partial charge in [-0.3, -0.25) is 0 Å². The molecule has 0 saturated carbocycles.